The molecule has 0 amide bonds. The molecular formula is C15H13Br2ClOS. The predicted octanol–water partition coefficient (Wildman–Crippen LogP) is 5.56. The number of hydrogen-bond donors (Lipinski definition) is 1. The second-order valence-electron chi connectivity index (χ2n) is 4.36. The first-order valence-corrected chi connectivity index (χ1v) is 9.00. The lowest BCUT2D eigenvalue weighted by Gasteiger charge is -2.12. The minimum Gasteiger partial charge on any atom is -0.392 e. The molecule has 1 nitrogen and oxygen atoms in total. The summed E-state index contributed by atoms with van der Waals surface area (Å²) in [5.74, 6) is 0.647. The second kappa shape index (κ2) is 7.85. The van der Waals surface area contributed by atoms with Gasteiger partial charge < -0.3 is 5.11 Å². The molecule has 2 rings (SSSR count). The Hall–Kier alpha value is -0.0000000000000000555. The van der Waals surface area contributed by atoms with Gasteiger partial charge in [-0.15, -0.1) is 11.8 Å². The van der Waals surface area contributed by atoms with Crippen molar-refractivity contribution in [2.75, 3.05) is 5.75 Å². The molecule has 0 saturated heterocycles. The van der Waals surface area contributed by atoms with Crippen molar-refractivity contribution < 1.29 is 5.11 Å². The zero-order chi connectivity index (χ0) is 14.5. The Kier molecular flexibility index (Phi) is 6.43. The maximum absolute atomic E-state index is 10.1. The molecule has 2 aromatic carbocycles. The zero-order valence-electron chi connectivity index (χ0n) is 10.5. The largest absolute Gasteiger partial charge is 0.392 e. The maximum atomic E-state index is 10.1. The van der Waals surface area contributed by atoms with Crippen molar-refractivity contribution in [3.8, 4) is 0 Å². The predicted molar refractivity (Wildman–Crippen MR) is 93.7 cm³/mol. The van der Waals surface area contributed by atoms with Crippen molar-refractivity contribution in [2.24, 2.45) is 0 Å². The minimum absolute atomic E-state index is 0.415. The van der Waals surface area contributed by atoms with Gasteiger partial charge in [-0.2, -0.15) is 0 Å². The molecule has 0 bridgehead atoms. The Morgan fingerprint density at radius 1 is 1.05 bits per heavy atom. The van der Waals surface area contributed by atoms with Crippen LogP contribution in [0.15, 0.2) is 56.3 Å². The monoisotopic (exact) mass is 434 g/mol. The third-order valence-corrected chi connectivity index (χ3v) is 5.26. The van der Waals surface area contributed by atoms with Gasteiger partial charge in [-0.25, -0.2) is 0 Å². The molecule has 0 spiro atoms. The topological polar surface area (TPSA) is 20.2 Å². The Morgan fingerprint density at radius 3 is 2.35 bits per heavy atom. The number of thioether (sulfide) groups is 1. The number of aliphatic hydroxyl groups is 1. The summed E-state index contributed by atoms with van der Waals surface area (Å²) in [5.41, 5.74) is 0.971. The summed E-state index contributed by atoms with van der Waals surface area (Å²) in [6.07, 6.45) is 0.151. The van der Waals surface area contributed by atoms with E-state index in [2.05, 4.69) is 31.9 Å². The van der Waals surface area contributed by atoms with Gasteiger partial charge in [0.05, 0.1) is 6.10 Å². The van der Waals surface area contributed by atoms with Crippen molar-refractivity contribution in [3.63, 3.8) is 0 Å². The normalized spacial score (nSPS) is 12.4. The van der Waals surface area contributed by atoms with E-state index >= 15 is 0 Å². The van der Waals surface area contributed by atoms with Crippen LogP contribution in [0.4, 0.5) is 0 Å². The summed E-state index contributed by atoms with van der Waals surface area (Å²) in [4.78, 5) is 1.15. The van der Waals surface area contributed by atoms with Crippen molar-refractivity contribution in [1.29, 1.82) is 0 Å². The number of aliphatic hydroxyl groups excluding tert-OH is 1. The second-order valence-corrected chi connectivity index (χ2v) is 7.69. The van der Waals surface area contributed by atoms with Gasteiger partial charge in [-0.1, -0.05) is 49.5 Å². The standard InChI is InChI=1S/C15H13Br2ClOS/c16-11-3-5-14(6-4-11)20-9-13(19)7-10-1-2-12(17)8-15(10)18/h1-6,8,13,19H,7,9H2. The maximum Gasteiger partial charge on any atom is 0.0674 e. The highest BCUT2D eigenvalue weighted by molar-refractivity contribution is 9.10. The van der Waals surface area contributed by atoms with Crippen LogP contribution >= 0.6 is 55.2 Å². The molecule has 0 heterocycles. The van der Waals surface area contributed by atoms with E-state index in [4.69, 9.17) is 11.6 Å². The molecule has 2 aromatic rings. The summed E-state index contributed by atoms with van der Waals surface area (Å²) in [5, 5.41) is 10.8. The average molecular weight is 437 g/mol. The Bertz CT molecular complexity index is 575. The fourth-order valence-electron chi connectivity index (χ4n) is 1.72. The van der Waals surface area contributed by atoms with Gasteiger partial charge in [0.2, 0.25) is 0 Å². The van der Waals surface area contributed by atoms with Gasteiger partial charge in [-0.05, 0) is 42.0 Å². The molecule has 0 fully saturated rings. The van der Waals surface area contributed by atoms with Gasteiger partial charge in [0.25, 0.3) is 0 Å². The molecule has 0 saturated carbocycles. The Morgan fingerprint density at radius 2 is 1.70 bits per heavy atom. The summed E-state index contributed by atoms with van der Waals surface area (Å²) in [6.45, 7) is 0. The molecule has 106 valence electrons. The molecule has 1 atom stereocenters. The van der Waals surface area contributed by atoms with Crippen molar-refractivity contribution >= 4 is 55.2 Å². The van der Waals surface area contributed by atoms with Crippen molar-refractivity contribution in [3.05, 3.63) is 62.0 Å². The van der Waals surface area contributed by atoms with Crippen molar-refractivity contribution in [1.82, 2.24) is 0 Å². The summed E-state index contributed by atoms with van der Waals surface area (Å²) < 4.78 is 2.01. The third kappa shape index (κ3) is 5.08. The van der Waals surface area contributed by atoms with Crippen LogP contribution in [0.3, 0.4) is 0 Å². The van der Waals surface area contributed by atoms with Crippen LogP contribution in [0.1, 0.15) is 5.56 Å². The highest BCUT2D eigenvalue weighted by Crippen LogP contribution is 2.25. The van der Waals surface area contributed by atoms with E-state index in [1.807, 2.05) is 42.5 Å². The Balaban J connectivity index is 1.89. The van der Waals surface area contributed by atoms with E-state index in [-0.39, 0.29) is 0 Å². The lowest BCUT2D eigenvalue weighted by Crippen LogP contribution is -2.13. The van der Waals surface area contributed by atoms with Crippen LogP contribution in [0.5, 0.6) is 0 Å². The van der Waals surface area contributed by atoms with Gasteiger partial charge in [0.1, 0.15) is 0 Å². The first-order chi connectivity index (χ1) is 9.54. The fourth-order valence-corrected chi connectivity index (χ4v) is 3.57. The van der Waals surface area contributed by atoms with E-state index in [9.17, 15) is 5.11 Å². The van der Waals surface area contributed by atoms with E-state index in [1.54, 1.807) is 11.8 Å². The lowest BCUT2D eigenvalue weighted by atomic mass is 10.1. The number of benzene rings is 2. The summed E-state index contributed by atoms with van der Waals surface area (Å²) >= 11 is 14.6. The minimum atomic E-state index is -0.415. The highest BCUT2D eigenvalue weighted by atomic mass is 79.9. The smallest absolute Gasteiger partial charge is 0.0674 e. The van der Waals surface area contributed by atoms with Crippen molar-refractivity contribution in [2.45, 2.75) is 17.4 Å². The highest BCUT2D eigenvalue weighted by Gasteiger charge is 2.09. The zero-order valence-corrected chi connectivity index (χ0v) is 15.3. The first kappa shape index (κ1) is 16.4. The molecule has 0 aliphatic rings. The average Bonchev–Trinajstić information content (AvgIpc) is 2.41. The van der Waals surface area contributed by atoms with Crippen LogP contribution in [0, 0.1) is 0 Å². The summed E-state index contributed by atoms with van der Waals surface area (Å²) in [6, 6.07) is 13.8. The first-order valence-electron chi connectivity index (χ1n) is 6.05. The molecule has 20 heavy (non-hydrogen) atoms. The van der Waals surface area contributed by atoms with Gasteiger partial charge in [0, 0.05) is 31.0 Å². The molecule has 1 unspecified atom stereocenters. The van der Waals surface area contributed by atoms with Gasteiger partial charge in [0.15, 0.2) is 0 Å². The molecule has 1 N–H and O–H groups in total. The fraction of sp³-hybridized carbons (Fsp3) is 0.200. The van der Waals surface area contributed by atoms with E-state index in [0.29, 0.717) is 17.2 Å². The van der Waals surface area contributed by atoms with Crippen LogP contribution < -0.4 is 0 Å². The number of rotatable bonds is 5. The molecule has 0 aromatic heterocycles. The van der Waals surface area contributed by atoms with E-state index in [0.717, 1.165) is 19.4 Å². The summed E-state index contributed by atoms with van der Waals surface area (Å²) in [7, 11) is 0. The molecule has 0 aliphatic heterocycles. The third-order valence-electron chi connectivity index (χ3n) is 2.73. The SMILES string of the molecule is OC(CSc1ccc(Br)cc1)Cc1ccc(Br)cc1Cl. The van der Waals surface area contributed by atoms with Crippen LogP contribution in [0.2, 0.25) is 5.02 Å². The van der Waals surface area contributed by atoms with Gasteiger partial charge >= 0.3 is 0 Å². The number of halogens is 3. The quantitative estimate of drug-likeness (QED) is 0.619. The van der Waals surface area contributed by atoms with E-state index < -0.39 is 6.10 Å². The molecule has 5 heteroatoms. The van der Waals surface area contributed by atoms with Crippen LogP contribution in [0.25, 0.3) is 0 Å². The molecular weight excluding hydrogens is 423 g/mol. The lowest BCUT2D eigenvalue weighted by molar-refractivity contribution is 0.200. The van der Waals surface area contributed by atoms with E-state index in [1.165, 1.54) is 0 Å². The molecule has 0 aliphatic carbocycles. The number of hydrogen-bond acceptors (Lipinski definition) is 2. The van der Waals surface area contributed by atoms with Crippen LogP contribution in [-0.4, -0.2) is 17.0 Å². The Labute approximate surface area is 145 Å². The molecule has 0 radical (unpaired) electrons. The van der Waals surface area contributed by atoms with Gasteiger partial charge in [-0.3, -0.25) is 0 Å². The van der Waals surface area contributed by atoms with Crippen LogP contribution in [-0.2, 0) is 6.42 Å².